The Morgan fingerprint density at radius 2 is 2.14 bits per heavy atom. The first kappa shape index (κ1) is 14.8. The topological polar surface area (TPSA) is 50.2 Å². The van der Waals surface area contributed by atoms with Crippen molar-refractivity contribution >= 4 is 5.91 Å². The van der Waals surface area contributed by atoms with Gasteiger partial charge in [0.2, 0.25) is 5.91 Å². The number of benzene rings is 1. The Labute approximate surface area is 131 Å². The molecule has 1 N–H and O–H groups in total. The summed E-state index contributed by atoms with van der Waals surface area (Å²) in [5, 5.41) is 3.49. The van der Waals surface area contributed by atoms with Crippen LogP contribution in [0, 0.1) is 0 Å². The maximum atomic E-state index is 11.6. The third-order valence-electron chi connectivity index (χ3n) is 4.06. The van der Waals surface area contributed by atoms with E-state index >= 15 is 0 Å². The van der Waals surface area contributed by atoms with Crippen molar-refractivity contribution in [3.05, 3.63) is 48.5 Å². The largest absolute Gasteiger partial charge is 0.341 e. The fourth-order valence-electron chi connectivity index (χ4n) is 2.78. The van der Waals surface area contributed by atoms with Gasteiger partial charge in [-0.05, 0) is 31.0 Å². The maximum absolute atomic E-state index is 11.6. The van der Waals surface area contributed by atoms with E-state index in [9.17, 15) is 4.79 Å². The van der Waals surface area contributed by atoms with Gasteiger partial charge in [-0.2, -0.15) is 0 Å². The van der Waals surface area contributed by atoms with E-state index in [1.54, 1.807) is 12.5 Å². The van der Waals surface area contributed by atoms with Gasteiger partial charge in [-0.25, -0.2) is 4.98 Å². The Kier molecular flexibility index (Phi) is 4.53. The molecule has 1 aliphatic rings. The summed E-state index contributed by atoms with van der Waals surface area (Å²) >= 11 is 0. The molecular weight excluding hydrogens is 276 g/mol. The van der Waals surface area contributed by atoms with Crippen LogP contribution in [-0.4, -0.2) is 39.5 Å². The highest BCUT2D eigenvalue weighted by molar-refractivity contribution is 5.78. The number of hydrogen-bond donors (Lipinski definition) is 1. The molecule has 1 amide bonds. The van der Waals surface area contributed by atoms with Crippen LogP contribution < -0.4 is 5.32 Å². The van der Waals surface area contributed by atoms with E-state index < -0.39 is 0 Å². The molecule has 5 heteroatoms. The normalized spacial score (nSPS) is 16.2. The molecule has 1 saturated heterocycles. The van der Waals surface area contributed by atoms with Crippen molar-refractivity contribution in [2.24, 2.45) is 0 Å². The van der Waals surface area contributed by atoms with Gasteiger partial charge in [-0.15, -0.1) is 0 Å². The number of hydrogen-bond acceptors (Lipinski definition) is 3. The summed E-state index contributed by atoms with van der Waals surface area (Å²) < 4.78 is 1.98. The van der Waals surface area contributed by atoms with Gasteiger partial charge >= 0.3 is 0 Å². The van der Waals surface area contributed by atoms with Crippen molar-refractivity contribution in [3.63, 3.8) is 0 Å². The van der Waals surface area contributed by atoms with Crippen LogP contribution in [0.25, 0.3) is 5.69 Å². The summed E-state index contributed by atoms with van der Waals surface area (Å²) in [4.78, 5) is 17.6. The van der Waals surface area contributed by atoms with Crippen molar-refractivity contribution in [2.45, 2.75) is 32.4 Å². The molecule has 0 bridgehead atoms. The van der Waals surface area contributed by atoms with Crippen LogP contribution in [0.5, 0.6) is 0 Å². The Morgan fingerprint density at radius 1 is 1.32 bits per heavy atom. The molecule has 0 radical (unpaired) electrons. The van der Waals surface area contributed by atoms with E-state index in [0.29, 0.717) is 18.4 Å². The second kappa shape index (κ2) is 6.75. The van der Waals surface area contributed by atoms with Crippen LogP contribution in [0.4, 0.5) is 0 Å². The number of nitrogens with zero attached hydrogens (tertiary/aromatic N) is 3. The molecule has 0 aliphatic carbocycles. The number of carbonyl (C=O) groups is 1. The molecule has 2 heterocycles. The van der Waals surface area contributed by atoms with Crippen molar-refractivity contribution in [1.82, 2.24) is 19.8 Å². The highest BCUT2D eigenvalue weighted by Gasteiger charge is 2.21. The maximum Gasteiger partial charge on any atom is 0.222 e. The molecule has 22 heavy (non-hydrogen) atoms. The zero-order chi connectivity index (χ0) is 15.4. The number of imidazole rings is 1. The first-order chi connectivity index (χ1) is 10.7. The predicted molar refractivity (Wildman–Crippen MR) is 85.7 cm³/mol. The van der Waals surface area contributed by atoms with Crippen LogP contribution in [-0.2, 0) is 11.3 Å². The van der Waals surface area contributed by atoms with E-state index in [1.165, 1.54) is 5.56 Å². The zero-order valence-electron chi connectivity index (χ0n) is 12.9. The van der Waals surface area contributed by atoms with E-state index in [-0.39, 0.29) is 0 Å². The van der Waals surface area contributed by atoms with Gasteiger partial charge in [-0.3, -0.25) is 4.79 Å². The lowest BCUT2D eigenvalue weighted by Gasteiger charge is -2.21. The second-order valence-electron chi connectivity index (χ2n) is 5.86. The quantitative estimate of drug-likeness (QED) is 0.887. The molecule has 1 aliphatic heterocycles. The van der Waals surface area contributed by atoms with Gasteiger partial charge in [0.15, 0.2) is 0 Å². The Hall–Kier alpha value is -2.14. The van der Waals surface area contributed by atoms with Crippen LogP contribution in [0.2, 0.25) is 0 Å². The van der Waals surface area contributed by atoms with Crippen LogP contribution in [0.1, 0.15) is 25.3 Å². The third kappa shape index (κ3) is 3.54. The fourth-order valence-corrected chi connectivity index (χ4v) is 2.78. The number of carbonyl (C=O) groups excluding carboxylic acids is 1. The van der Waals surface area contributed by atoms with Crippen LogP contribution in [0.3, 0.4) is 0 Å². The average molecular weight is 298 g/mol. The first-order valence-corrected chi connectivity index (χ1v) is 7.81. The summed E-state index contributed by atoms with van der Waals surface area (Å²) in [5.41, 5.74) is 2.35. The number of nitrogens with one attached hydrogen (secondary N) is 1. The Balaban J connectivity index is 1.50. The Bertz CT molecular complexity index is 606. The highest BCUT2D eigenvalue weighted by atomic mass is 16.2. The number of likely N-dealkylation sites (tertiary alicyclic amines) is 1. The molecule has 0 spiro atoms. The molecule has 2 aromatic rings. The van der Waals surface area contributed by atoms with Gasteiger partial charge in [0.1, 0.15) is 0 Å². The summed E-state index contributed by atoms with van der Waals surface area (Å²) in [7, 11) is 0. The fraction of sp³-hybridized carbons (Fsp3) is 0.412. The molecular formula is C17H22N4O. The standard InChI is InChI=1S/C17H22N4O/c1-14(12-20-9-2-3-17(20)22)19-11-15-4-6-16(7-5-15)21-10-8-18-13-21/h4-8,10,13-14,19H,2-3,9,11-12H2,1H3/t14-/m0/s1. The third-order valence-corrected chi connectivity index (χ3v) is 4.06. The minimum Gasteiger partial charge on any atom is -0.341 e. The van der Waals surface area contributed by atoms with Crippen LogP contribution in [0.15, 0.2) is 43.0 Å². The summed E-state index contributed by atoms with van der Waals surface area (Å²) in [6.45, 7) is 4.65. The van der Waals surface area contributed by atoms with Crippen molar-refractivity contribution in [3.8, 4) is 5.69 Å². The first-order valence-electron chi connectivity index (χ1n) is 7.81. The number of rotatable bonds is 6. The van der Waals surface area contributed by atoms with Crippen molar-refractivity contribution < 1.29 is 4.79 Å². The molecule has 1 atom stereocenters. The summed E-state index contributed by atoms with van der Waals surface area (Å²) in [5.74, 6) is 0.290. The van der Waals surface area contributed by atoms with E-state index in [2.05, 4.69) is 41.5 Å². The summed E-state index contributed by atoms with van der Waals surface area (Å²) in [6.07, 6.45) is 7.21. The smallest absolute Gasteiger partial charge is 0.222 e. The molecule has 0 unspecified atom stereocenters. The van der Waals surface area contributed by atoms with Gasteiger partial charge < -0.3 is 14.8 Å². The van der Waals surface area contributed by atoms with Gasteiger partial charge in [-0.1, -0.05) is 12.1 Å². The molecule has 1 aromatic carbocycles. The molecule has 5 nitrogen and oxygen atoms in total. The van der Waals surface area contributed by atoms with Crippen LogP contribution >= 0.6 is 0 Å². The lowest BCUT2D eigenvalue weighted by Crippen LogP contribution is -2.39. The minimum absolute atomic E-state index is 0.290. The SMILES string of the molecule is C[C@@H](CN1CCCC1=O)NCc1ccc(-n2ccnc2)cc1. The van der Waals surface area contributed by atoms with Gasteiger partial charge in [0.25, 0.3) is 0 Å². The predicted octanol–water partition coefficient (Wildman–Crippen LogP) is 1.97. The monoisotopic (exact) mass is 298 g/mol. The van der Waals surface area contributed by atoms with E-state index in [1.807, 2.05) is 15.7 Å². The van der Waals surface area contributed by atoms with Gasteiger partial charge in [0.05, 0.1) is 6.33 Å². The van der Waals surface area contributed by atoms with E-state index in [4.69, 9.17) is 0 Å². The lowest BCUT2D eigenvalue weighted by atomic mass is 10.2. The number of aromatic nitrogens is 2. The Morgan fingerprint density at radius 3 is 2.77 bits per heavy atom. The highest BCUT2D eigenvalue weighted by Crippen LogP contribution is 2.11. The number of amides is 1. The molecule has 3 rings (SSSR count). The molecule has 1 aromatic heterocycles. The van der Waals surface area contributed by atoms with Crippen molar-refractivity contribution in [1.29, 1.82) is 0 Å². The minimum atomic E-state index is 0.290. The van der Waals surface area contributed by atoms with E-state index in [0.717, 1.165) is 31.7 Å². The van der Waals surface area contributed by atoms with Crippen molar-refractivity contribution in [2.75, 3.05) is 13.1 Å². The second-order valence-corrected chi connectivity index (χ2v) is 5.86. The lowest BCUT2D eigenvalue weighted by molar-refractivity contribution is -0.127. The molecule has 1 fully saturated rings. The summed E-state index contributed by atoms with van der Waals surface area (Å²) in [6, 6.07) is 8.72. The molecule has 116 valence electrons. The van der Waals surface area contributed by atoms with Gasteiger partial charge in [0, 0.05) is 50.2 Å². The molecule has 0 saturated carbocycles. The zero-order valence-corrected chi connectivity index (χ0v) is 12.9. The average Bonchev–Trinajstić information content (AvgIpc) is 3.18.